The van der Waals surface area contributed by atoms with Crippen molar-refractivity contribution in [2.75, 3.05) is 31.1 Å². The number of rotatable bonds is 4. The lowest BCUT2D eigenvalue weighted by Gasteiger charge is -2.34. The molecule has 0 saturated carbocycles. The smallest absolute Gasteiger partial charge is 0.272 e. The number of hydrogen-bond donors (Lipinski definition) is 0. The van der Waals surface area contributed by atoms with Crippen LogP contribution in [0.2, 0.25) is 0 Å². The van der Waals surface area contributed by atoms with E-state index in [0.717, 1.165) is 5.69 Å². The molecular formula is C19H19N7O3. The second-order valence-electron chi connectivity index (χ2n) is 6.76. The lowest BCUT2D eigenvalue weighted by atomic mass is 10.1. The Hall–Kier alpha value is -3.82. The number of amides is 1. The van der Waals surface area contributed by atoms with E-state index in [-0.39, 0.29) is 11.6 Å². The maximum atomic E-state index is 12.8. The molecule has 1 aliphatic heterocycles. The Morgan fingerprint density at radius 2 is 1.79 bits per heavy atom. The molecule has 0 N–H and O–H groups in total. The number of aromatic nitrogens is 4. The highest BCUT2D eigenvalue weighted by molar-refractivity contribution is 5.95. The highest BCUT2D eigenvalue weighted by Crippen LogP contribution is 2.21. The van der Waals surface area contributed by atoms with Gasteiger partial charge in [0.05, 0.1) is 10.6 Å². The number of piperazine rings is 1. The van der Waals surface area contributed by atoms with Gasteiger partial charge in [0.2, 0.25) is 5.95 Å². The van der Waals surface area contributed by atoms with E-state index in [1.807, 2.05) is 35.2 Å². The first kappa shape index (κ1) is 18.5. The number of nitrogens with zero attached hydrogens (tertiary/aromatic N) is 7. The molecule has 1 aliphatic rings. The van der Waals surface area contributed by atoms with E-state index in [1.165, 1.54) is 12.1 Å². The number of carbonyl (C=O) groups excluding carboxylic acids is 1. The van der Waals surface area contributed by atoms with Gasteiger partial charge in [0.25, 0.3) is 11.6 Å². The van der Waals surface area contributed by atoms with Crippen LogP contribution in [0.3, 0.4) is 0 Å². The van der Waals surface area contributed by atoms with Gasteiger partial charge < -0.3 is 9.80 Å². The Bertz CT molecular complexity index is 1040. The Kier molecular flexibility index (Phi) is 4.90. The molecule has 148 valence electrons. The van der Waals surface area contributed by atoms with Gasteiger partial charge in [-0.1, -0.05) is 23.3 Å². The van der Waals surface area contributed by atoms with Crippen LogP contribution >= 0.6 is 0 Å². The predicted molar refractivity (Wildman–Crippen MR) is 105 cm³/mol. The van der Waals surface area contributed by atoms with E-state index < -0.39 is 4.92 Å². The molecule has 2 aromatic carbocycles. The number of para-hydroxylation sites is 1. The third kappa shape index (κ3) is 3.64. The van der Waals surface area contributed by atoms with Crippen molar-refractivity contribution in [3.63, 3.8) is 0 Å². The molecule has 0 bridgehead atoms. The van der Waals surface area contributed by atoms with Gasteiger partial charge in [0.15, 0.2) is 0 Å². The van der Waals surface area contributed by atoms with Crippen LogP contribution < -0.4 is 4.90 Å². The number of nitro groups is 1. The average Bonchev–Trinajstić information content (AvgIpc) is 3.23. The van der Waals surface area contributed by atoms with Crippen molar-refractivity contribution in [3.05, 3.63) is 69.8 Å². The van der Waals surface area contributed by atoms with Crippen LogP contribution in [-0.4, -0.2) is 62.1 Å². The van der Waals surface area contributed by atoms with Gasteiger partial charge in [-0.05, 0) is 41.6 Å². The molecule has 10 heteroatoms. The first-order valence-electron chi connectivity index (χ1n) is 9.17. The summed E-state index contributed by atoms with van der Waals surface area (Å²) in [5.74, 6) is 0.500. The number of aryl methyl sites for hydroxylation is 1. The summed E-state index contributed by atoms with van der Waals surface area (Å²) in [6.07, 6.45) is 0. The molecule has 1 fully saturated rings. The van der Waals surface area contributed by atoms with Gasteiger partial charge in [-0.3, -0.25) is 14.9 Å². The van der Waals surface area contributed by atoms with Crippen LogP contribution in [-0.2, 0) is 0 Å². The highest BCUT2D eigenvalue weighted by Gasteiger charge is 2.26. The Balaban J connectivity index is 1.45. The maximum Gasteiger partial charge on any atom is 0.272 e. The first-order chi connectivity index (χ1) is 14.0. The van der Waals surface area contributed by atoms with Gasteiger partial charge >= 0.3 is 0 Å². The summed E-state index contributed by atoms with van der Waals surface area (Å²) >= 11 is 0. The number of tetrazole rings is 1. The van der Waals surface area contributed by atoms with Gasteiger partial charge in [-0.25, -0.2) is 0 Å². The molecule has 1 amide bonds. The molecule has 29 heavy (non-hydrogen) atoms. The number of hydrogen-bond acceptors (Lipinski definition) is 7. The number of nitro benzene ring substituents is 1. The zero-order chi connectivity index (χ0) is 20.4. The van der Waals surface area contributed by atoms with Gasteiger partial charge in [0.1, 0.15) is 0 Å². The topological polar surface area (TPSA) is 110 Å². The molecule has 0 atom stereocenters. The van der Waals surface area contributed by atoms with E-state index in [2.05, 4.69) is 15.5 Å². The van der Waals surface area contributed by atoms with Crippen molar-refractivity contribution in [2.45, 2.75) is 6.92 Å². The number of anilines is 1. The highest BCUT2D eigenvalue weighted by atomic mass is 16.6. The summed E-state index contributed by atoms with van der Waals surface area (Å²) in [5.41, 5.74) is 1.81. The van der Waals surface area contributed by atoms with Crippen LogP contribution in [0, 0.1) is 17.0 Å². The predicted octanol–water partition coefficient (Wildman–Crippen LogP) is 1.84. The average molecular weight is 393 g/mol. The minimum atomic E-state index is -0.445. The first-order valence-corrected chi connectivity index (χ1v) is 9.17. The molecule has 0 radical (unpaired) electrons. The van der Waals surface area contributed by atoms with Crippen molar-refractivity contribution >= 4 is 17.5 Å². The molecular weight excluding hydrogens is 374 g/mol. The van der Waals surface area contributed by atoms with Crippen LogP contribution in [0.5, 0.6) is 0 Å². The number of carbonyl (C=O) groups is 1. The summed E-state index contributed by atoms with van der Waals surface area (Å²) in [6.45, 7) is 3.83. The number of benzene rings is 2. The maximum absolute atomic E-state index is 12.8. The third-order valence-electron chi connectivity index (χ3n) is 4.94. The van der Waals surface area contributed by atoms with Crippen LogP contribution in [0.1, 0.15) is 15.9 Å². The summed E-state index contributed by atoms with van der Waals surface area (Å²) < 4.78 is 1.68. The second-order valence-corrected chi connectivity index (χ2v) is 6.76. The Morgan fingerprint density at radius 3 is 2.45 bits per heavy atom. The minimum Gasteiger partial charge on any atom is -0.336 e. The van der Waals surface area contributed by atoms with Crippen LogP contribution in [0.4, 0.5) is 11.6 Å². The largest absolute Gasteiger partial charge is 0.336 e. The van der Waals surface area contributed by atoms with Gasteiger partial charge in [-0.2, -0.15) is 4.68 Å². The lowest BCUT2D eigenvalue weighted by Crippen LogP contribution is -2.49. The van der Waals surface area contributed by atoms with Crippen molar-refractivity contribution in [3.8, 4) is 5.69 Å². The molecule has 10 nitrogen and oxygen atoms in total. The van der Waals surface area contributed by atoms with E-state index in [4.69, 9.17) is 0 Å². The summed E-state index contributed by atoms with van der Waals surface area (Å²) in [5, 5.41) is 23.0. The molecule has 2 heterocycles. The monoisotopic (exact) mass is 393 g/mol. The third-order valence-corrected chi connectivity index (χ3v) is 4.94. The van der Waals surface area contributed by atoms with Crippen molar-refractivity contribution in [1.82, 2.24) is 25.1 Å². The fourth-order valence-electron chi connectivity index (χ4n) is 3.40. The molecule has 1 aromatic heterocycles. The van der Waals surface area contributed by atoms with E-state index in [1.54, 1.807) is 22.6 Å². The van der Waals surface area contributed by atoms with Crippen molar-refractivity contribution < 1.29 is 9.72 Å². The lowest BCUT2D eigenvalue weighted by molar-refractivity contribution is -0.385. The fraction of sp³-hybridized carbons (Fsp3) is 0.263. The van der Waals surface area contributed by atoms with E-state index in [9.17, 15) is 14.9 Å². The Labute approximate surface area is 166 Å². The van der Waals surface area contributed by atoms with E-state index >= 15 is 0 Å². The molecule has 0 spiro atoms. The zero-order valence-corrected chi connectivity index (χ0v) is 15.8. The summed E-state index contributed by atoms with van der Waals surface area (Å²) in [6, 6.07) is 14.1. The van der Waals surface area contributed by atoms with Crippen molar-refractivity contribution in [2.24, 2.45) is 0 Å². The van der Waals surface area contributed by atoms with Crippen LogP contribution in [0.15, 0.2) is 48.5 Å². The minimum absolute atomic E-state index is 0.0131. The van der Waals surface area contributed by atoms with Gasteiger partial charge in [-0.15, -0.1) is 0 Å². The van der Waals surface area contributed by atoms with Gasteiger partial charge in [0, 0.05) is 43.4 Å². The molecule has 0 unspecified atom stereocenters. The fourth-order valence-corrected chi connectivity index (χ4v) is 3.40. The van der Waals surface area contributed by atoms with Crippen LogP contribution in [0.25, 0.3) is 5.69 Å². The van der Waals surface area contributed by atoms with Crippen molar-refractivity contribution in [1.29, 1.82) is 0 Å². The van der Waals surface area contributed by atoms with E-state index in [0.29, 0.717) is 43.3 Å². The second kappa shape index (κ2) is 7.66. The standard InChI is InChI=1S/C19H19N7O3/c1-14-13-15(7-8-17(14)26(28)29)18(27)23-9-11-24(12-10-23)19-20-21-22-25(19)16-5-3-2-4-6-16/h2-8,13H,9-12H2,1H3. The molecule has 4 rings (SSSR count). The summed E-state index contributed by atoms with van der Waals surface area (Å²) in [7, 11) is 0. The summed E-state index contributed by atoms with van der Waals surface area (Å²) in [4.78, 5) is 27.1. The molecule has 0 aliphatic carbocycles. The zero-order valence-electron chi connectivity index (χ0n) is 15.8. The molecule has 1 saturated heterocycles. The SMILES string of the molecule is Cc1cc(C(=O)N2CCN(c3nnnn3-c3ccccc3)CC2)ccc1[N+](=O)[O-]. The normalized spacial score (nSPS) is 14.1. The quantitative estimate of drug-likeness (QED) is 0.491. The Morgan fingerprint density at radius 1 is 1.07 bits per heavy atom. The molecule has 3 aromatic rings.